The second-order valence-corrected chi connectivity index (χ2v) is 7.02. The van der Waals surface area contributed by atoms with E-state index in [4.69, 9.17) is 0 Å². The molecule has 0 spiro atoms. The monoisotopic (exact) mass is 406 g/mol. The normalized spacial score (nSPS) is 17.0. The van der Waals surface area contributed by atoms with Gasteiger partial charge in [0.15, 0.2) is 0 Å². The molecule has 152 valence electrons. The smallest absolute Gasteiger partial charge is 0.317 e. The molecule has 0 saturated heterocycles. The fourth-order valence-electron chi connectivity index (χ4n) is 3.67. The number of nitrogens with one attached hydrogen (secondary N) is 2. The molecule has 2 aliphatic heterocycles. The summed E-state index contributed by atoms with van der Waals surface area (Å²) < 4.78 is 0. The summed E-state index contributed by atoms with van der Waals surface area (Å²) in [4.78, 5) is 64.4. The maximum atomic E-state index is 12.5. The van der Waals surface area contributed by atoms with Crippen molar-refractivity contribution in [3.05, 3.63) is 70.8 Å². The van der Waals surface area contributed by atoms with Gasteiger partial charge >= 0.3 is 6.03 Å². The Kier molecular flexibility index (Phi) is 4.57. The zero-order valence-corrected chi connectivity index (χ0v) is 16.2. The van der Waals surface area contributed by atoms with E-state index < -0.39 is 42.0 Å². The van der Waals surface area contributed by atoms with Gasteiger partial charge in [0, 0.05) is 0 Å². The highest BCUT2D eigenvalue weighted by atomic mass is 16.2. The van der Waals surface area contributed by atoms with Crippen LogP contribution in [0.2, 0.25) is 0 Å². The average Bonchev–Trinajstić information content (AvgIpc) is 3.13. The van der Waals surface area contributed by atoms with Gasteiger partial charge in [-0.15, -0.1) is 0 Å². The Morgan fingerprint density at radius 1 is 0.633 bits per heavy atom. The molecule has 2 aromatic carbocycles. The molecule has 30 heavy (non-hydrogen) atoms. The van der Waals surface area contributed by atoms with E-state index in [0.717, 1.165) is 9.80 Å². The lowest BCUT2D eigenvalue weighted by molar-refractivity contribution is 0.0577. The van der Waals surface area contributed by atoms with Crippen molar-refractivity contribution in [2.45, 2.75) is 26.2 Å². The summed E-state index contributed by atoms with van der Waals surface area (Å²) in [7, 11) is 0. The first-order chi connectivity index (χ1) is 14.3. The van der Waals surface area contributed by atoms with Gasteiger partial charge in [0.2, 0.25) is 0 Å². The molecular weight excluding hydrogens is 388 g/mol. The fraction of sp³-hybridized carbons (Fsp3) is 0.190. The van der Waals surface area contributed by atoms with Crippen molar-refractivity contribution in [1.82, 2.24) is 20.4 Å². The Balaban J connectivity index is 1.42. The van der Waals surface area contributed by atoms with Crippen molar-refractivity contribution in [3.63, 3.8) is 0 Å². The second-order valence-electron chi connectivity index (χ2n) is 7.02. The van der Waals surface area contributed by atoms with Gasteiger partial charge in [0.05, 0.1) is 22.3 Å². The molecule has 0 saturated carbocycles. The van der Waals surface area contributed by atoms with Crippen LogP contribution < -0.4 is 10.6 Å². The van der Waals surface area contributed by atoms with Crippen molar-refractivity contribution in [1.29, 1.82) is 0 Å². The SMILES string of the molecule is CC(NC(=O)NC(C)N1C(=O)c2ccccc2C1=O)N1C(=O)c2ccccc2C1=O. The number of fused-ring (bicyclic) bond motifs is 2. The van der Waals surface area contributed by atoms with Gasteiger partial charge in [-0.05, 0) is 38.1 Å². The number of imide groups is 2. The maximum absolute atomic E-state index is 12.5. The Hall–Kier alpha value is -4.01. The molecule has 0 bridgehead atoms. The molecular formula is C21H18N4O5. The van der Waals surface area contributed by atoms with Gasteiger partial charge in [0.1, 0.15) is 12.3 Å². The van der Waals surface area contributed by atoms with Crippen molar-refractivity contribution in [2.24, 2.45) is 0 Å². The third-order valence-corrected chi connectivity index (χ3v) is 5.11. The fourth-order valence-corrected chi connectivity index (χ4v) is 3.67. The summed E-state index contributed by atoms with van der Waals surface area (Å²) in [5.41, 5.74) is 1.10. The zero-order valence-electron chi connectivity index (χ0n) is 16.2. The Morgan fingerprint density at radius 2 is 0.900 bits per heavy atom. The van der Waals surface area contributed by atoms with Crippen LogP contribution in [0.15, 0.2) is 48.5 Å². The number of carbonyl (C=O) groups excluding carboxylic acids is 5. The molecule has 9 nitrogen and oxygen atoms in total. The molecule has 2 aliphatic rings. The van der Waals surface area contributed by atoms with Crippen LogP contribution in [0.4, 0.5) is 4.79 Å². The van der Waals surface area contributed by atoms with E-state index in [1.54, 1.807) is 48.5 Å². The first-order valence-electron chi connectivity index (χ1n) is 9.32. The quantitative estimate of drug-likeness (QED) is 0.748. The zero-order chi connectivity index (χ0) is 21.6. The number of urea groups is 1. The summed E-state index contributed by atoms with van der Waals surface area (Å²) in [6.45, 7) is 2.99. The average molecular weight is 406 g/mol. The lowest BCUT2D eigenvalue weighted by Gasteiger charge is -2.27. The summed E-state index contributed by atoms with van der Waals surface area (Å²) in [6.07, 6.45) is -1.88. The van der Waals surface area contributed by atoms with Crippen LogP contribution in [-0.2, 0) is 0 Å². The highest BCUT2D eigenvalue weighted by Gasteiger charge is 2.40. The summed E-state index contributed by atoms with van der Waals surface area (Å²) >= 11 is 0. The van der Waals surface area contributed by atoms with Crippen molar-refractivity contribution in [3.8, 4) is 0 Å². The van der Waals surface area contributed by atoms with E-state index in [2.05, 4.69) is 10.6 Å². The van der Waals surface area contributed by atoms with Crippen LogP contribution >= 0.6 is 0 Å². The van der Waals surface area contributed by atoms with E-state index in [1.807, 2.05) is 0 Å². The number of hydrogen-bond donors (Lipinski definition) is 2. The highest BCUT2D eigenvalue weighted by Crippen LogP contribution is 2.25. The van der Waals surface area contributed by atoms with Gasteiger partial charge < -0.3 is 10.6 Å². The van der Waals surface area contributed by atoms with Gasteiger partial charge in [0.25, 0.3) is 23.6 Å². The lowest BCUT2D eigenvalue weighted by Crippen LogP contribution is -2.56. The van der Waals surface area contributed by atoms with Crippen LogP contribution in [0.3, 0.4) is 0 Å². The van der Waals surface area contributed by atoms with Crippen molar-refractivity contribution in [2.75, 3.05) is 0 Å². The van der Waals surface area contributed by atoms with Crippen molar-refractivity contribution < 1.29 is 24.0 Å². The van der Waals surface area contributed by atoms with Gasteiger partial charge in [-0.3, -0.25) is 29.0 Å². The predicted octanol–water partition coefficient (Wildman–Crippen LogP) is 1.57. The highest BCUT2D eigenvalue weighted by molar-refractivity contribution is 6.22. The first kappa shape index (κ1) is 19.3. The molecule has 6 amide bonds. The van der Waals surface area contributed by atoms with E-state index in [9.17, 15) is 24.0 Å². The maximum Gasteiger partial charge on any atom is 0.318 e. The third-order valence-electron chi connectivity index (χ3n) is 5.11. The molecule has 2 N–H and O–H groups in total. The number of benzene rings is 2. The predicted molar refractivity (Wildman–Crippen MR) is 104 cm³/mol. The topological polar surface area (TPSA) is 116 Å². The second kappa shape index (κ2) is 7.11. The summed E-state index contributed by atoms with van der Waals surface area (Å²) in [5.74, 6) is -2.01. The first-order valence-corrected chi connectivity index (χ1v) is 9.32. The summed E-state index contributed by atoms with van der Waals surface area (Å²) in [6, 6.07) is 12.1. The van der Waals surface area contributed by atoms with Crippen LogP contribution in [0.1, 0.15) is 55.3 Å². The Morgan fingerprint density at radius 3 is 1.17 bits per heavy atom. The molecule has 9 heteroatoms. The number of nitrogens with zero attached hydrogens (tertiary/aromatic N) is 2. The molecule has 2 aromatic rings. The lowest BCUT2D eigenvalue weighted by atomic mass is 10.1. The molecule has 0 aliphatic carbocycles. The van der Waals surface area contributed by atoms with E-state index in [-0.39, 0.29) is 22.3 Å². The minimum atomic E-state index is -0.938. The van der Waals surface area contributed by atoms with Gasteiger partial charge in [-0.2, -0.15) is 0 Å². The van der Waals surface area contributed by atoms with Gasteiger partial charge in [-0.1, -0.05) is 24.3 Å². The Labute approximate surface area is 171 Å². The molecule has 0 fully saturated rings. The molecule has 4 rings (SSSR count). The van der Waals surface area contributed by atoms with Crippen LogP contribution in [0, 0.1) is 0 Å². The largest absolute Gasteiger partial charge is 0.318 e. The van der Waals surface area contributed by atoms with Crippen LogP contribution in [-0.4, -0.2) is 51.8 Å². The molecule has 2 unspecified atom stereocenters. The molecule has 0 radical (unpaired) electrons. The number of amides is 6. The third kappa shape index (κ3) is 2.91. The number of carbonyl (C=O) groups is 5. The van der Waals surface area contributed by atoms with E-state index in [0.29, 0.717) is 0 Å². The van der Waals surface area contributed by atoms with Crippen molar-refractivity contribution >= 4 is 29.7 Å². The van der Waals surface area contributed by atoms with Crippen LogP contribution in [0.5, 0.6) is 0 Å². The summed E-state index contributed by atoms with van der Waals surface area (Å²) in [5, 5.41) is 5.02. The number of rotatable bonds is 4. The van der Waals surface area contributed by atoms with E-state index in [1.165, 1.54) is 13.8 Å². The molecule has 2 heterocycles. The Bertz CT molecular complexity index is 957. The minimum absolute atomic E-state index is 0.274. The van der Waals surface area contributed by atoms with Crippen LogP contribution in [0.25, 0.3) is 0 Å². The minimum Gasteiger partial charge on any atom is -0.317 e. The van der Waals surface area contributed by atoms with Gasteiger partial charge in [-0.25, -0.2) is 4.79 Å². The number of hydrogen-bond acceptors (Lipinski definition) is 5. The molecule has 0 aromatic heterocycles. The molecule has 2 atom stereocenters. The van der Waals surface area contributed by atoms with E-state index >= 15 is 0 Å². The standard InChI is InChI=1S/C21H18N4O5/c1-11(24-17(26)13-7-3-4-8-14(13)18(24)27)22-21(30)23-12(2)25-19(28)15-9-5-6-10-16(15)20(25)29/h3-12H,1-2H3,(H2,22,23,30).